The summed E-state index contributed by atoms with van der Waals surface area (Å²) >= 11 is 0. The van der Waals surface area contributed by atoms with E-state index in [0.717, 1.165) is 5.56 Å². The van der Waals surface area contributed by atoms with Gasteiger partial charge in [0, 0.05) is 23.9 Å². The molecule has 0 fully saturated rings. The summed E-state index contributed by atoms with van der Waals surface area (Å²) in [7, 11) is 1.42. The van der Waals surface area contributed by atoms with Crippen molar-refractivity contribution in [3.8, 4) is 5.75 Å². The number of nitrogens with one attached hydrogen (secondary N) is 1. The number of halogens is 1. The highest BCUT2D eigenvalue weighted by atomic mass is 19.1. The van der Waals surface area contributed by atoms with Gasteiger partial charge in [-0.2, -0.15) is 0 Å². The number of aliphatic hydroxyl groups is 1. The first-order chi connectivity index (χ1) is 11.7. The number of benzene rings is 2. The maximum atomic E-state index is 13.8. The lowest BCUT2D eigenvalue weighted by atomic mass is 10.00. The second-order valence-corrected chi connectivity index (χ2v) is 5.40. The van der Waals surface area contributed by atoms with E-state index in [1.165, 1.54) is 19.5 Å². The molecule has 24 heavy (non-hydrogen) atoms. The molecule has 1 atom stereocenters. The zero-order chi connectivity index (χ0) is 16.9. The molecule has 5 nitrogen and oxygen atoms in total. The van der Waals surface area contributed by atoms with Crippen molar-refractivity contribution in [2.75, 3.05) is 25.6 Å². The van der Waals surface area contributed by atoms with Gasteiger partial charge in [0.25, 0.3) is 0 Å². The molecule has 3 rings (SSSR count). The third-order valence-corrected chi connectivity index (χ3v) is 3.92. The van der Waals surface area contributed by atoms with Gasteiger partial charge in [0.15, 0.2) is 11.6 Å². The Morgan fingerprint density at radius 1 is 1.21 bits per heavy atom. The molecule has 124 valence electrons. The number of aliphatic hydroxyl groups excluding tert-OH is 1. The Morgan fingerprint density at radius 3 is 2.71 bits per heavy atom. The van der Waals surface area contributed by atoms with Crippen LogP contribution in [0.5, 0.6) is 5.75 Å². The van der Waals surface area contributed by atoms with Gasteiger partial charge in [-0.15, -0.1) is 0 Å². The van der Waals surface area contributed by atoms with Crippen molar-refractivity contribution in [2.24, 2.45) is 0 Å². The average molecular weight is 327 g/mol. The summed E-state index contributed by atoms with van der Waals surface area (Å²) in [6, 6.07) is 12.6. The van der Waals surface area contributed by atoms with Crippen LogP contribution in [0.15, 0.2) is 48.8 Å². The van der Waals surface area contributed by atoms with E-state index < -0.39 is 5.82 Å². The van der Waals surface area contributed by atoms with E-state index in [4.69, 9.17) is 4.74 Å². The molecule has 2 aromatic carbocycles. The predicted octanol–water partition coefficient (Wildman–Crippen LogP) is 2.97. The molecular weight excluding hydrogens is 309 g/mol. The van der Waals surface area contributed by atoms with Gasteiger partial charge in [0.05, 0.1) is 19.2 Å². The summed E-state index contributed by atoms with van der Waals surface area (Å²) in [5.74, 6) is 0.181. The lowest BCUT2D eigenvalue weighted by Crippen LogP contribution is -2.17. The standard InChI is InChI=1S/C18H18FN3O2/c1-24-17-7-14-16(8-15(17)19)21-11-22-18(14)20-9-13(10-23)12-5-3-2-4-6-12/h2-8,11,13,23H,9-10H2,1H3,(H,20,21,22). The Hall–Kier alpha value is -2.73. The van der Waals surface area contributed by atoms with Crippen LogP contribution in [0.3, 0.4) is 0 Å². The molecule has 0 spiro atoms. The molecule has 6 heteroatoms. The predicted molar refractivity (Wildman–Crippen MR) is 90.8 cm³/mol. The third-order valence-electron chi connectivity index (χ3n) is 3.92. The zero-order valence-electron chi connectivity index (χ0n) is 13.2. The number of methoxy groups -OCH3 is 1. The van der Waals surface area contributed by atoms with Gasteiger partial charge in [-0.25, -0.2) is 14.4 Å². The summed E-state index contributed by atoms with van der Waals surface area (Å²) in [5.41, 5.74) is 1.53. The lowest BCUT2D eigenvalue weighted by molar-refractivity contribution is 0.270. The van der Waals surface area contributed by atoms with Crippen LogP contribution in [0.2, 0.25) is 0 Å². The van der Waals surface area contributed by atoms with Crippen molar-refractivity contribution < 1.29 is 14.2 Å². The van der Waals surface area contributed by atoms with Gasteiger partial charge >= 0.3 is 0 Å². The van der Waals surface area contributed by atoms with Gasteiger partial charge in [-0.1, -0.05) is 30.3 Å². The second-order valence-electron chi connectivity index (χ2n) is 5.40. The second kappa shape index (κ2) is 7.23. The van der Waals surface area contributed by atoms with Crippen LogP contribution in [-0.4, -0.2) is 35.3 Å². The normalized spacial score (nSPS) is 12.1. The molecule has 0 bridgehead atoms. The van der Waals surface area contributed by atoms with Crippen LogP contribution in [0.25, 0.3) is 10.9 Å². The molecule has 0 aliphatic rings. The van der Waals surface area contributed by atoms with Gasteiger partial charge < -0.3 is 15.2 Å². The number of nitrogens with zero attached hydrogens (tertiary/aromatic N) is 2. The van der Waals surface area contributed by atoms with Crippen LogP contribution < -0.4 is 10.1 Å². The van der Waals surface area contributed by atoms with Crippen molar-refractivity contribution in [2.45, 2.75) is 5.92 Å². The molecular formula is C18H18FN3O2. The Kier molecular flexibility index (Phi) is 4.86. The number of hydrogen-bond donors (Lipinski definition) is 2. The molecule has 0 aliphatic heterocycles. The Morgan fingerprint density at radius 2 is 2.00 bits per heavy atom. The van der Waals surface area contributed by atoms with Crippen LogP contribution in [-0.2, 0) is 0 Å². The molecule has 3 aromatic rings. The van der Waals surface area contributed by atoms with Gasteiger partial charge in [-0.3, -0.25) is 0 Å². The molecule has 1 aromatic heterocycles. The minimum Gasteiger partial charge on any atom is -0.494 e. The number of ether oxygens (including phenoxy) is 1. The van der Waals surface area contributed by atoms with E-state index in [1.54, 1.807) is 6.07 Å². The number of aromatic nitrogens is 2. The smallest absolute Gasteiger partial charge is 0.167 e. The highest BCUT2D eigenvalue weighted by Crippen LogP contribution is 2.27. The highest BCUT2D eigenvalue weighted by molar-refractivity contribution is 5.90. The van der Waals surface area contributed by atoms with Crippen LogP contribution >= 0.6 is 0 Å². The Balaban J connectivity index is 1.87. The molecule has 0 radical (unpaired) electrons. The van der Waals surface area contributed by atoms with Crippen LogP contribution in [0.1, 0.15) is 11.5 Å². The van der Waals surface area contributed by atoms with E-state index in [-0.39, 0.29) is 18.3 Å². The molecule has 0 saturated carbocycles. The molecule has 1 heterocycles. The maximum absolute atomic E-state index is 13.8. The zero-order valence-corrected chi connectivity index (χ0v) is 13.2. The SMILES string of the molecule is COc1cc2c(NCC(CO)c3ccccc3)ncnc2cc1F. The molecule has 0 saturated heterocycles. The topological polar surface area (TPSA) is 67.3 Å². The van der Waals surface area contributed by atoms with Gasteiger partial charge in [0.2, 0.25) is 0 Å². The lowest BCUT2D eigenvalue weighted by Gasteiger charge is -2.17. The highest BCUT2D eigenvalue weighted by Gasteiger charge is 2.13. The average Bonchev–Trinajstić information content (AvgIpc) is 2.62. The fourth-order valence-corrected chi connectivity index (χ4v) is 2.59. The first-order valence-corrected chi connectivity index (χ1v) is 7.61. The number of anilines is 1. The molecule has 2 N–H and O–H groups in total. The van der Waals surface area contributed by atoms with Crippen LogP contribution in [0, 0.1) is 5.82 Å². The molecule has 0 amide bonds. The molecule has 0 aliphatic carbocycles. The summed E-state index contributed by atoms with van der Waals surface area (Å²) in [6.45, 7) is 0.504. The first-order valence-electron chi connectivity index (χ1n) is 7.61. The van der Waals surface area contributed by atoms with E-state index in [9.17, 15) is 9.50 Å². The number of hydrogen-bond acceptors (Lipinski definition) is 5. The minimum absolute atomic E-state index is 0.0119. The van der Waals surface area contributed by atoms with Crippen molar-refractivity contribution in [1.82, 2.24) is 9.97 Å². The van der Waals surface area contributed by atoms with Crippen molar-refractivity contribution in [3.05, 3.63) is 60.2 Å². The summed E-state index contributed by atoms with van der Waals surface area (Å²) in [5, 5.41) is 13.5. The summed E-state index contributed by atoms with van der Waals surface area (Å²) in [6.07, 6.45) is 1.38. The minimum atomic E-state index is -0.466. The first kappa shape index (κ1) is 16.1. The van der Waals surface area contributed by atoms with E-state index in [1.807, 2.05) is 30.3 Å². The van der Waals surface area contributed by atoms with E-state index >= 15 is 0 Å². The van der Waals surface area contributed by atoms with Gasteiger partial charge in [-0.05, 0) is 11.6 Å². The van der Waals surface area contributed by atoms with E-state index in [2.05, 4.69) is 15.3 Å². The quantitative estimate of drug-likeness (QED) is 0.728. The Bertz CT molecular complexity index is 827. The summed E-state index contributed by atoms with van der Waals surface area (Å²) in [4.78, 5) is 8.32. The van der Waals surface area contributed by atoms with Crippen molar-refractivity contribution >= 4 is 16.7 Å². The maximum Gasteiger partial charge on any atom is 0.167 e. The number of fused-ring (bicyclic) bond motifs is 1. The van der Waals surface area contributed by atoms with Crippen LogP contribution in [0.4, 0.5) is 10.2 Å². The Labute approximate surface area is 139 Å². The monoisotopic (exact) mass is 327 g/mol. The fourth-order valence-electron chi connectivity index (χ4n) is 2.59. The fraction of sp³-hybridized carbons (Fsp3) is 0.222. The van der Waals surface area contributed by atoms with Crippen molar-refractivity contribution in [3.63, 3.8) is 0 Å². The third kappa shape index (κ3) is 3.28. The largest absolute Gasteiger partial charge is 0.494 e. The van der Waals surface area contributed by atoms with Gasteiger partial charge in [0.1, 0.15) is 12.1 Å². The summed E-state index contributed by atoms with van der Waals surface area (Å²) < 4.78 is 18.8. The van der Waals surface area contributed by atoms with Crippen molar-refractivity contribution in [1.29, 1.82) is 0 Å². The number of rotatable bonds is 6. The van der Waals surface area contributed by atoms with E-state index in [0.29, 0.717) is 23.3 Å². The molecule has 1 unspecified atom stereocenters.